The van der Waals surface area contributed by atoms with E-state index in [0.717, 1.165) is 37.2 Å². The molecule has 1 saturated heterocycles. The predicted octanol–water partition coefficient (Wildman–Crippen LogP) is 2.00. The molecule has 2 aliphatic heterocycles. The highest BCUT2D eigenvalue weighted by atomic mass is 16.2. The molecule has 2 aliphatic rings. The summed E-state index contributed by atoms with van der Waals surface area (Å²) in [6.45, 7) is 4.17. The van der Waals surface area contributed by atoms with Crippen LogP contribution in [0.5, 0.6) is 0 Å². The van der Waals surface area contributed by atoms with Gasteiger partial charge in [0.15, 0.2) is 5.82 Å². The molecule has 2 aromatic rings. The molecule has 1 aromatic heterocycles. The van der Waals surface area contributed by atoms with E-state index in [1.54, 1.807) is 24.4 Å². The van der Waals surface area contributed by atoms with Crippen molar-refractivity contribution in [2.24, 2.45) is 15.7 Å². The highest BCUT2D eigenvalue weighted by Gasteiger charge is 2.29. The largest absolute Gasteiger partial charge is 0.327 e. The Hall–Kier alpha value is -3.17. The second-order valence-corrected chi connectivity index (χ2v) is 7.89. The van der Waals surface area contributed by atoms with E-state index in [4.69, 9.17) is 5.73 Å². The summed E-state index contributed by atoms with van der Waals surface area (Å²) in [4.78, 5) is 34.7. The quantitative estimate of drug-likeness (QED) is 0.732. The van der Waals surface area contributed by atoms with Gasteiger partial charge in [0.25, 0.3) is 11.9 Å². The third-order valence-corrected chi connectivity index (χ3v) is 5.66. The molecule has 9 nitrogen and oxygen atoms in total. The first-order chi connectivity index (χ1) is 15.0. The maximum absolute atomic E-state index is 13.0. The number of rotatable bonds is 4. The Bertz CT molecular complexity index is 1040. The molecule has 0 bridgehead atoms. The number of aromatic nitrogens is 2. The number of hydrogen-bond donors (Lipinski definition) is 2. The average molecular weight is 421 g/mol. The van der Waals surface area contributed by atoms with E-state index in [9.17, 15) is 4.79 Å². The van der Waals surface area contributed by atoms with Crippen molar-refractivity contribution in [3.63, 3.8) is 0 Å². The minimum atomic E-state index is -0.0964. The molecule has 0 aliphatic carbocycles. The Balaban J connectivity index is 1.68. The molecular weight excluding hydrogens is 392 g/mol. The van der Waals surface area contributed by atoms with Gasteiger partial charge in [0, 0.05) is 26.9 Å². The van der Waals surface area contributed by atoms with E-state index in [-0.39, 0.29) is 18.5 Å². The zero-order valence-corrected chi connectivity index (χ0v) is 18.2. The Labute approximate surface area is 182 Å². The Morgan fingerprint density at radius 1 is 1.26 bits per heavy atom. The third kappa shape index (κ3) is 4.33. The van der Waals surface area contributed by atoms with Gasteiger partial charge in [-0.1, -0.05) is 11.6 Å². The van der Waals surface area contributed by atoms with Crippen LogP contribution in [0.3, 0.4) is 0 Å². The minimum absolute atomic E-state index is 0.0964. The van der Waals surface area contributed by atoms with Crippen LogP contribution in [0.25, 0.3) is 0 Å². The number of aryl methyl sites for hydroxylation is 1. The standard InChI is InChI=1S/C22H28N8O/c1-14-4-5-18-17(10-14)21(31)30(3)19-13-26-22(28-20(19)29(18)2)27-16(11-23)12-25-15-6-8-24-9-7-15/h4-5,10,12-13,15,24H,6-9,11,23H2,1-3H3. The minimum Gasteiger partial charge on any atom is -0.327 e. The number of piperidine rings is 1. The van der Waals surface area contributed by atoms with E-state index in [1.807, 2.05) is 37.1 Å². The van der Waals surface area contributed by atoms with Crippen LogP contribution in [0.15, 0.2) is 34.4 Å². The zero-order valence-electron chi connectivity index (χ0n) is 18.2. The summed E-state index contributed by atoms with van der Waals surface area (Å²) >= 11 is 0. The molecule has 1 fully saturated rings. The van der Waals surface area contributed by atoms with Crippen LogP contribution < -0.4 is 20.9 Å². The number of nitrogens with one attached hydrogen (secondary N) is 1. The molecule has 31 heavy (non-hydrogen) atoms. The normalized spacial score (nSPS) is 17.7. The number of nitrogens with zero attached hydrogens (tertiary/aromatic N) is 6. The van der Waals surface area contributed by atoms with Crippen molar-refractivity contribution in [2.75, 3.05) is 43.5 Å². The number of carbonyl (C=O) groups is 1. The van der Waals surface area contributed by atoms with Crippen LogP contribution in [0.2, 0.25) is 0 Å². The Morgan fingerprint density at radius 2 is 2.03 bits per heavy atom. The molecule has 3 N–H and O–H groups in total. The Morgan fingerprint density at radius 3 is 2.77 bits per heavy atom. The van der Waals surface area contributed by atoms with Crippen LogP contribution in [0.1, 0.15) is 28.8 Å². The number of benzene rings is 1. The number of fused-ring (bicyclic) bond motifs is 2. The van der Waals surface area contributed by atoms with Crippen molar-refractivity contribution in [1.29, 1.82) is 0 Å². The van der Waals surface area contributed by atoms with Gasteiger partial charge in [-0.3, -0.25) is 9.79 Å². The SMILES string of the molecule is Cc1ccc2c(c1)C(=O)N(C)c1cnc(N=C(C=NC3CCNCC3)CN)nc1N2C. The van der Waals surface area contributed by atoms with Crippen molar-refractivity contribution in [2.45, 2.75) is 25.8 Å². The maximum Gasteiger partial charge on any atom is 0.260 e. The van der Waals surface area contributed by atoms with Gasteiger partial charge in [-0.05, 0) is 45.0 Å². The first-order valence-corrected chi connectivity index (χ1v) is 10.5. The van der Waals surface area contributed by atoms with E-state index in [2.05, 4.69) is 25.3 Å². The van der Waals surface area contributed by atoms with Crippen LogP contribution in [-0.4, -0.2) is 67.6 Å². The lowest BCUT2D eigenvalue weighted by molar-refractivity contribution is 0.0994. The first-order valence-electron chi connectivity index (χ1n) is 10.5. The molecule has 0 atom stereocenters. The van der Waals surface area contributed by atoms with Crippen molar-refractivity contribution >= 4 is 41.0 Å². The van der Waals surface area contributed by atoms with Crippen molar-refractivity contribution in [1.82, 2.24) is 15.3 Å². The van der Waals surface area contributed by atoms with Crippen molar-refractivity contribution in [3.8, 4) is 0 Å². The fraction of sp³-hybridized carbons (Fsp3) is 0.409. The Kier molecular flexibility index (Phi) is 6.06. The molecule has 0 spiro atoms. The summed E-state index contributed by atoms with van der Waals surface area (Å²) in [5.41, 5.74) is 9.58. The highest BCUT2D eigenvalue weighted by molar-refractivity contribution is 6.32. The lowest BCUT2D eigenvalue weighted by Gasteiger charge is -2.20. The van der Waals surface area contributed by atoms with Gasteiger partial charge in [0.05, 0.1) is 29.2 Å². The molecule has 0 unspecified atom stereocenters. The molecular formula is C22H28N8O. The average Bonchev–Trinajstić information content (AvgIpc) is 2.87. The predicted molar refractivity (Wildman–Crippen MR) is 125 cm³/mol. The smallest absolute Gasteiger partial charge is 0.260 e. The van der Waals surface area contributed by atoms with Crippen LogP contribution in [0.4, 0.5) is 23.1 Å². The van der Waals surface area contributed by atoms with Gasteiger partial charge < -0.3 is 20.9 Å². The number of hydrogen-bond acceptors (Lipinski definition) is 8. The number of aliphatic imine (C=N–C) groups is 2. The lowest BCUT2D eigenvalue weighted by Crippen LogP contribution is -2.30. The summed E-state index contributed by atoms with van der Waals surface area (Å²) in [6.07, 6.45) is 5.39. The molecule has 4 rings (SSSR count). The number of amides is 1. The van der Waals surface area contributed by atoms with E-state index < -0.39 is 0 Å². The van der Waals surface area contributed by atoms with Crippen LogP contribution in [-0.2, 0) is 0 Å². The molecule has 1 amide bonds. The van der Waals surface area contributed by atoms with E-state index in [1.165, 1.54) is 0 Å². The highest BCUT2D eigenvalue weighted by Crippen LogP contribution is 2.38. The number of nitrogens with two attached hydrogens (primary N) is 1. The first kappa shape index (κ1) is 21.1. The fourth-order valence-corrected chi connectivity index (χ4v) is 3.82. The summed E-state index contributed by atoms with van der Waals surface area (Å²) in [7, 11) is 3.62. The van der Waals surface area contributed by atoms with Crippen molar-refractivity contribution < 1.29 is 4.79 Å². The topological polar surface area (TPSA) is 112 Å². The second-order valence-electron chi connectivity index (χ2n) is 7.89. The number of carbonyl (C=O) groups excluding carboxylic acids is 1. The summed E-state index contributed by atoms with van der Waals surface area (Å²) in [5.74, 6) is 0.805. The van der Waals surface area contributed by atoms with Gasteiger partial charge in [0.1, 0.15) is 5.69 Å². The molecule has 9 heteroatoms. The zero-order chi connectivity index (χ0) is 22.0. The summed E-state index contributed by atoms with van der Waals surface area (Å²) in [6, 6.07) is 6.11. The molecule has 1 aromatic carbocycles. The molecule has 3 heterocycles. The monoisotopic (exact) mass is 420 g/mol. The van der Waals surface area contributed by atoms with Gasteiger partial charge in [-0.2, -0.15) is 4.98 Å². The van der Waals surface area contributed by atoms with E-state index >= 15 is 0 Å². The van der Waals surface area contributed by atoms with E-state index in [0.29, 0.717) is 28.7 Å². The van der Waals surface area contributed by atoms with Crippen LogP contribution in [0, 0.1) is 6.92 Å². The fourth-order valence-electron chi connectivity index (χ4n) is 3.82. The summed E-state index contributed by atoms with van der Waals surface area (Å²) < 4.78 is 0. The molecule has 0 saturated carbocycles. The van der Waals surface area contributed by atoms with Crippen LogP contribution >= 0.6 is 0 Å². The second kappa shape index (κ2) is 8.91. The van der Waals surface area contributed by atoms with Gasteiger partial charge in [-0.25, -0.2) is 9.98 Å². The lowest BCUT2D eigenvalue weighted by atomic mass is 10.1. The van der Waals surface area contributed by atoms with Gasteiger partial charge in [0.2, 0.25) is 0 Å². The molecule has 162 valence electrons. The van der Waals surface area contributed by atoms with Gasteiger partial charge in [-0.15, -0.1) is 0 Å². The molecule has 0 radical (unpaired) electrons. The number of anilines is 3. The maximum atomic E-state index is 13.0. The third-order valence-electron chi connectivity index (χ3n) is 5.66. The van der Waals surface area contributed by atoms with Crippen molar-refractivity contribution in [3.05, 3.63) is 35.5 Å². The van der Waals surface area contributed by atoms with Gasteiger partial charge >= 0.3 is 0 Å². The summed E-state index contributed by atoms with van der Waals surface area (Å²) in [5, 5.41) is 3.33.